The van der Waals surface area contributed by atoms with Crippen LogP contribution < -0.4 is 21.7 Å². The van der Waals surface area contributed by atoms with Crippen LogP contribution in [0.1, 0.15) is 5.56 Å². The monoisotopic (exact) mass is 227 g/mol. The molecule has 1 atom stereocenters. The number of rotatable bonds is 4. The van der Waals surface area contributed by atoms with Gasteiger partial charge in [-0.05, 0) is 24.1 Å². The number of benzene rings is 1. The predicted molar refractivity (Wildman–Crippen MR) is 57.0 cm³/mol. The molecule has 0 fully saturated rings. The molecule has 5 N–H and O–H groups in total. The van der Waals surface area contributed by atoms with E-state index in [0.717, 1.165) is 0 Å². The van der Waals surface area contributed by atoms with Gasteiger partial charge < -0.3 is 10.5 Å². The Hall–Kier alpha value is -1.66. The maximum absolute atomic E-state index is 13.3. The molecule has 6 heteroatoms. The molecule has 0 aliphatic rings. The summed E-state index contributed by atoms with van der Waals surface area (Å²) in [5.74, 6) is 4.11. The van der Waals surface area contributed by atoms with Crippen molar-refractivity contribution in [1.29, 1.82) is 0 Å². The Bertz CT molecular complexity index is 384. The van der Waals surface area contributed by atoms with Gasteiger partial charge >= 0.3 is 0 Å². The molecule has 0 saturated heterocycles. The van der Waals surface area contributed by atoms with Crippen molar-refractivity contribution < 1.29 is 13.9 Å². The zero-order chi connectivity index (χ0) is 12.1. The van der Waals surface area contributed by atoms with Crippen molar-refractivity contribution in [3.05, 3.63) is 29.6 Å². The first-order valence-electron chi connectivity index (χ1n) is 4.67. The molecular weight excluding hydrogens is 213 g/mol. The van der Waals surface area contributed by atoms with E-state index in [-0.39, 0.29) is 12.2 Å². The van der Waals surface area contributed by atoms with Crippen molar-refractivity contribution in [2.75, 3.05) is 7.11 Å². The van der Waals surface area contributed by atoms with Crippen molar-refractivity contribution in [2.45, 2.75) is 12.5 Å². The molecule has 0 bridgehead atoms. The number of carbonyl (C=O) groups excluding carboxylic acids is 1. The van der Waals surface area contributed by atoms with E-state index in [1.54, 1.807) is 6.07 Å². The van der Waals surface area contributed by atoms with Gasteiger partial charge in [0.15, 0.2) is 11.6 Å². The fourth-order valence-corrected chi connectivity index (χ4v) is 1.29. The molecule has 1 unspecified atom stereocenters. The highest BCUT2D eigenvalue weighted by molar-refractivity contribution is 5.81. The van der Waals surface area contributed by atoms with Gasteiger partial charge in [-0.15, -0.1) is 0 Å². The molecular formula is C10H14FN3O2. The zero-order valence-electron chi connectivity index (χ0n) is 8.87. The molecule has 0 aliphatic heterocycles. The van der Waals surface area contributed by atoms with Gasteiger partial charge in [0, 0.05) is 0 Å². The Morgan fingerprint density at radius 3 is 2.81 bits per heavy atom. The van der Waals surface area contributed by atoms with E-state index in [1.807, 2.05) is 5.43 Å². The van der Waals surface area contributed by atoms with Crippen LogP contribution in [0.25, 0.3) is 0 Å². The predicted octanol–water partition coefficient (Wildman–Crippen LogP) is -0.306. The first-order chi connectivity index (χ1) is 7.58. The number of hydrogen-bond acceptors (Lipinski definition) is 4. The second kappa shape index (κ2) is 5.43. The second-order valence-electron chi connectivity index (χ2n) is 3.29. The molecule has 0 heterocycles. The molecule has 0 saturated carbocycles. The Kier molecular flexibility index (Phi) is 4.21. The number of nitrogens with two attached hydrogens (primary N) is 2. The Balaban J connectivity index is 2.75. The van der Waals surface area contributed by atoms with Crippen molar-refractivity contribution in [3.63, 3.8) is 0 Å². The Morgan fingerprint density at radius 2 is 2.31 bits per heavy atom. The number of nitrogens with one attached hydrogen (secondary N) is 1. The number of carbonyl (C=O) groups is 1. The third kappa shape index (κ3) is 2.91. The average molecular weight is 227 g/mol. The van der Waals surface area contributed by atoms with Crippen LogP contribution in [0.4, 0.5) is 4.39 Å². The Labute approximate surface area is 92.5 Å². The van der Waals surface area contributed by atoms with Crippen LogP contribution in [0.15, 0.2) is 18.2 Å². The molecule has 0 aliphatic carbocycles. The smallest absolute Gasteiger partial charge is 0.251 e. The van der Waals surface area contributed by atoms with Crippen molar-refractivity contribution >= 4 is 5.91 Å². The molecule has 0 aromatic heterocycles. The van der Waals surface area contributed by atoms with Crippen molar-refractivity contribution in [3.8, 4) is 5.75 Å². The first kappa shape index (κ1) is 12.4. The van der Waals surface area contributed by atoms with Gasteiger partial charge in [-0.1, -0.05) is 6.07 Å². The summed E-state index contributed by atoms with van der Waals surface area (Å²) >= 11 is 0. The van der Waals surface area contributed by atoms with E-state index in [1.165, 1.54) is 19.2 Å². The number of ether oxygens (including phenoxy) is 1. The number of halogens is 1. The molecule has 16 heavy (non-hydrogen) atoms. The van der Waals surface area contributed by atoms with Gasteiger partial charge in [-0.25, -0.2) is 10.2 Å². The number of hydrogen-bond donors (Lipinski definition) is 3. The van der Waals surface area contributed by atoms with Crippen LogP contribution in [-0.2, 0) is 11.2 Å². The van der Waals surface area contributed by atoms with E-state index < -0.39 is 17.8 Å². The molecule has 1 amide bonds. The Morgan fingerprint density at radius 1 is 1.62 bits per heavy atom. The van der Waals surface area contributed by atoms with Crippen LogP contribution in [-0.4, -0.2) is 19.1 Å². The highest BCUT2D eigenvalue weighted by Gasteiger charge is 2.13. The van der Waals surface area contributed by atoms with E-state index in [9.17, 15) is 9.18 Å². The van der Waals surface area contributed by atoms with Crippen molar-refractivity contribution in [2.24, 2.45) is 11.6 Å². The molecule has 0 spiro atoms. The van der Waals surface area contributed by atoms with Crippen LogP contribution in [0, 0.1) is 5.82 Å². The SMILES string of the molecule is COc1ccc(CC(N)C(=O)NN)cc1F. The number of hydrazine groups is 1. The average Bonchev–Trinajstić information content (AvgIpc) is 2.28. The highest BCUT2D eigenvalue weighted by atomic mass is 19.1. The lowest BCUT2D eigenvalue weighted by molar-refractivity contribution is -0.122. The minimum Gasteiger partial charge on any atom is -0.494 e. The van der Waals surface area contributed by atoms with Crippen LogP contribution in [0.2, 0.25) is 0 Å². The summed E-state index contributed by atoms with van der Waals surface area (Å²) in [4.78, 5) is 11.0. The molecule has 5 nitrogen and oxygen atoms in total. The number of methoxy groups -OCH3 is 1. The van der Waals surface area contributed by atoms with Crippen LogP contribution >= 0.6 is 0 Å². The minimum absolute atomic E-state index is 0.153. The summed E-state index contributed by atoms with van der Waals surface area (Å²) in [6, 6.07) is 3.61. The normalized spacial score (nSPS) is 12.0. The minimum atomic E-state index is -0.794. The maximum Gasteiger partial charge on any atom is 0.251 e. The summed E-state index contributed by atoms with van der Waals surface area (Å²) in [6.45, 7) is 0. The van der Waals surface area contributed by atoms with E-state index in [2.05, 4.69) is 0 Å². The zero-order valence-corrected chi connectivity index (χ0v) is 8.87. The topological polar surface area (TPSA) is 90.4 Å². The lowest BCUT2D eigenvalue weighted by Crippen LogP contribution is -2.45. The molecule has 88 valence electrons. The van der Waals surface area contributed by atoms with Gasteiger partial charge in [0.2, 0.25) is 0 Å². The van der Waals surface area contributed by atoms with Gasteiger partial charge in [0.05, 0.1) is 13.2 Å². The largest absolute Gasteiger partial charge is 0.494 e. The van der Waals surface area contributed by atoms with E-state index in [4.69, 9.17) is 16.3 Å². The number of amides is 1. The highest BCUT2D eigenvalue weighted by Crippen LogP contribution is 2.18. The summed E-state index contributed by atoms with van der Waals surface area (Å²) in [7, 11) is 1.38. The summed E-state index contributed by atoms with van der Waals surface area (Å²) < 4.78 is 18.1. The molecule has 0 radical (unpaired) electrons. The standard InChI is InChI=1S/C10H14FN3O2/c1-16-9-3-2-6(4-7(9)11)5-8(12)10(15)14-13/h2-4,8H,5,12-13H2,1H3,(H,14,15). The molecule has 1 rings (SSSR count). The third-order valence-corrected chi connectivity index (χ3v) is 2.15. The summed E-state index contributed by atoms with van der Waals surface area (Å²) in [5, 5.41) is 0. The second-order valence-corrected chi connectivity index (χ2v) is 3.29. The summed E-state index contributed by atoms with van der Waals surface area (Å²) in [5.41, 5.74) is 8.08. The lowest BCUT2D eigenvalue weighted by atomic mass is 10.1. The fourth-order valence-electron chi connectivity index (χ4n) is 1.29. The molecule has 1 aromatic rings. The van der Waals surface area contributed by atoms with E-state index >= 15 is 0 Å². The third-order valence-electron chi connectivity index (χ3n) is 2.15. The fraction of sp³-hybridized carbons (Fsp3) is 0.300. The summed E-state index contributed by atoms with van der Waals surface area (Å²) in [6.07, 6.45) is 0.212. The maximum atomic E-state index is 13.3. The van der Waals surface area contributed by atoms with E-state index in [0.29, 0.717) is 5.56 Å². The lowest BCUT2D eigenvalue weighted by Gasteiger charge is -2.10. The van der Waals surface area contributed by atoms with Gasteiger partial charge in [0.1, 0.15) is 0 Å². The first-order valence-corrected chi connectivity index (χ1v) is 4.67. The quantitative estimate of drug-likeness (QED) is 0.374. The van der Waals surface area contributed by atoms with Gasteiger partial charge in [-0.2, -0.15) is 0 Å². The van der Waals surface area contributed by atoms with Crippen molar-refractivity contribution in [1.82, 2.24) is 5.43 Å². The van der Waals surface area contributed by atoms with Gasteiger partial charge in [-0.3, -0.25) is 10.2 Å². The molecule has 1 aromatic carbocycles. The van der Waals surface area contributed by atoms with Gasteiger partial charge in [0.25, 0.3) is 5.91 Å². The van der Waals surface area contributed by atoms with Crippen LogP contribution in [0.3, 0.4) is 0 Å². The van der Waals surface area contributed by atoms with Crippen LogP contribution in [0.5, 0.6) is 5.75 Å².